The van der Waals surface area contributed by atoms with Gasteiger partial charge in [0, 0.05) is 5.69 Å². The van der Waals surface area contributed by atoms with Crippen molar-refractivity contribution >= 4 is 27.5 Å². The molecule has 0 spiro atoms. The Labute approximate surface area is 129 Å². The van der Waals surface area contributed by atoms with Crippen LogP contribution in [0.25, 0.3) is 0 Å². The molecule has 2 rings (SSSR count). The Morgan fingerprint density at radius 3 is 2.43 bits per heavy atom. The number of primary sulfonamides is 1. The summed E-state index contributed by atoms with van der Waals surface area (Å²) in [6, 6.07) is 11.1. The molecule has 5 nitrogen and oxygen atoms in total. The summed E-state index contributed by atoms with van der Waals surface area (Å²) in [5, 5.41) is 8.23. The van der Waals surface area contributed by atoms with Gasteiger partial charge >= 0.3 is 0 Å². The summed E-state index contributed by atoms with van der Waals surface area (Å²) in [5.41, 5.74) is 1.57. The van der Waals surface area contributed by atoms with Crippen molar-refractivity contribution in [3.63, 3.8) is 0 Å². The molecule has 3 N–H and O–H groups in total. The highest BCUT2D eigenvalue weighted by Crippen LogP contribution is 2.16. The van der Waals surface area contributed by atoms with E-state index in [-0.39, 0.29) is 5.75 Å². The second kappa shape index (κ2) is 7.02. The second-order valence-electron chi connectivity index (χ2n) is 4.66. The van der Waals surface area contributed by atoms with Crippen LogP contribution in [0.1, 0.15) is 17.1 Å². The fraction of sp³-hybridized carbons (Fsp3) is 0.286. The van der Waals surface area contributed by atoms with Gasteiger partial charge in [-0.2, -0.15) is 11.8 Å². The molecule has 0 fully saturated rings. The highest BCUT2D eigenvalue weighted by Gasteiger charge is 2.05. The molecule has 1 aromatic heterocycles. The van der Waals surface area contributed by atoms with E-state index in [2.05, 4.69) is 5.32 Å². The van der Waals surface area contributed by atoms with Gasteiger partial charge in [-0.25, -0.2) is 13.6 Å². The predicted molar refractivity (Wildman–Crippen MR) is 86.5 cm³/mol. The number of hydrogen-bond acceptors (Lipinski definition) is 5. The van der Waals surface area contributed by atoms with Crippen molar-refractivity contribution in [1.82, 2.24) is 0 Å². The van der Waals surface area contributed by atoms with Crippen LogP contribution in [0.2, 0.25) is 0 Å². The van der Waals surface area contributed by atoms with Gasteiger partial charge in [-0.15, -0.1) is 0 Å². The van der Waals surface area contributed by atoms with E-state index in [1.807, 2.05) is 30.5 Å². The lowest BCUT2D eigenvalue weighted by Gasteiger charge is -2.06. The fourth-order valence-corrected chi connectivity index (χ4v) is 2.97. The fourth-order valence-electron chi connectivity index (χ4n) is 1.88. The molecule has 0 amide bonds. The van der Waals surface area contributed by atoms with Crippen LogP contribution in [-0.2, 0) is 28.1 Å². The maximum Gasteiger partial charge on any atom is 0.213 e. The summed E-state index contributed by atoms with van der Waals surface area (Å²) in [5.74, 6) is 2.54. The van der Waals surface area contributed by atoms with E-state index in [4.69, 9.17) is 9.56 Å². The number of rotatable bonds is 7. The predicted octanol–water partition coefficient (Wildman–Crippen LogP) is 2.54. The minimum absolute atomic E-state index is 0.149. The van der Waals surface area contributed by atoms with E-state index >= 15 is 0 Å². The maximum absolute atomic E-state index is 11.0. The molecule has 0 aliphatic carbocycles. The van der Waals surface area contributed by atoms with E-state index in [9.17, 15) is 8.42 Å². The van der Waals surface area contributed by atoms with Gasteiger partial charge in [0.15, 0.2) is 0 Å². The van der Waals surface area contributed by atoms with Crippen molar-refractivity contribution in [3.8, 4) is 0 Å². The molecule has 2 aromatic rings. The SMILES string of the molecule is CSCc1ccc(CNc2ccc(CS(N)(=O)=O)cc2)o1. The molecule has 114 valence electrons. The van der Waals surface area contributed by atoms with Crippen LogP contribution in [-0.4, -0.2) is 14.7 Å². The van der Waals surface area contributed by atoms with Crippen LogP contribution >= 0.6 is 11.8 Å². The smallest absolute Gasteiger partial charge is 0.213 e. The number of thioether (sulfide) groups is 1. The largest absolute Gasteiger partial charge is 0.463 e. The van der Waals surface area contributed by atoms with Gasteiger partial charge in [0.2, 0.25) is 10.0 Å². The van der Waals surface area contributed by atoms with Crippen LogP contribution in [0, 0.1) is 0 Å². The Bertz CT molecular complexity index is 678. The van der Waals surface area contributed by atoms with Gasteiger partial charge < -0.3 is 9.73 Å². The van der Waals surface area contributed by atoms with Gasteiger partial charge in [-0.1, -0.05) is 12.1 Å². The summed E-state index contributed by atoms with van der Waals surface area (Å²) in [4.78, 5) is 0. The van der Waals surface area contributed by atoms with Crippen LogP contribution in [0.3, 0.4) is 0 Å². The topological polar surface area (TPSA) is 85.3 Å². The van der Waals surface area contributed by atoms with E-state index in [1.54, 1.807) is 23.9 Å². The van der Waals surface area contributed by atoms with E-state index in [0.717, 1.165) is 23.0 Å². The first kappa shape index (κ1) is 15.9. The second-order valence-corrected chi connectivity index (χ2v) is 7.14. The molecular formula is C14H18N2O3S2. The molecule has 21 heavy (non-hydrogen) atoms. The van der Waals surface area contributed by atoms with Crippen molar-refractivity contribution in [2.24, 2.45) is 5.14 Å². The van der Waals surface area contributed by atoms with Gasteiger partial charge in [0.25, 0.3) is 0 Å². The Morgan fingerprint density at radius 2 is 1.81 bits per heavy atom. The average molecular weight is 326 g/mol. The Kier molecular flexibility index (Phi) is 5.33. The molecule has 1 aromatic carbocycles. The third-order valence-electron chi connectivity index (χ3n) is 2.79. The molecule has 0 saturated carbocycles. The van der Waals surface area contributed by atoms with Crippen molar-refractivity contribution < 1.29 is 12.8 Å². The van der Waals surface area contributed by atoms with Crippen molar-refractivity contribution in [2.45, 2.75) is 18.1 Å². The molecular weight excluding hydrogens is 308 g/mol. The molecule has 1 heterocycles. The standard InChI is InChI=1S/C14H18N2O3S2/c1-20-9-14-7-6-13(19-14)8-16-12-4-2-11(3-5-12)10-21(15,17)18/h2-7,16H,8-10H2,1H3,(H2,15,17,18). The number of sulfonamides is 1. The minimum Gasteiger partial charge on any atom is -0.463 e. The Hall–Kier alpha value is -1.44. The molecule has 0 aliphatic heterocycles. The zero-order valence-corrected chi connectivity index (χ0v) is 13.3. The van der Waals surface area contributed by atoms with Gasteiger partial charge in [-0.3, -0.25) is 0 Å². The van der Waals surface area contributed by atoms with Gasteiger partial charge in [0.1, 0.15) is 11.5 Å². The monoisotopic (exact) mass is 326 g/mol. The minimum atomic E-state index is -3.49. The normalized spacial score (nSPS) is 11.5. The molecule has 0 unspecified atom stereocenters. The molecule has 0 atom stereocenters. The summed E-state index contributed by atoms with van der Waals surface area (Å²) in [6.45, 7) is 0.586. The van der Waals surface area contributed by atoms with Crippen LogP contribution in [0.15, 0.2) is 40.8 Å². The van der Waals surface area contributed by atoms with Crippen molar-refractivity contribution in [3.05, 3.63) is 53.5 Å². The molecule has 7 heteroatoms. The van der Waals surface area contributed by atoms with Crippen LogP contribution < -0.4 is 10.5 Å². The zero-order valence-electron chi connectivity index (χ0n) is 11.7. The summed E-state index contributed by atoms with van der Waals surface area (Å²) in [7, 11) is -3.49. The number of anilines is 1. The third kappa shape index (κ3) is 5.45. The lowest BCUT2D eigenvalue weighted by atomic mass is 10.2. The molecule has 0 saturated heterocycles. The number of nitrogens with one attached hydrogen (secondary N) is 1. The first-order valence-electron chi connectivity index (χ1n) is 6.36. The lowest BCUT2D eigenvalue weighted by molar-refractivity contribution is 0.487. The molecule has 0 bridgehead atoms. The molecule has 0 aliphatic rings. The van der Waals surface area contributed by atoms with E-state index in [0.29, 0.717) is 12.1 Å². The Morgan fingerprint density at radius 1 is 1.14 bits per heavy atom. The Balaban J connectivity index is 1.91. The summed E-state index contributed by atoms with van der Waals surface area (Å²) in [6.07, 6.45) is 2.03. The quantitative estimate of drug-likeness (QED) is 0.816. The van der Waals surface area contributed by atoms with Crippen LogP contribution in [0.5, 0.6) is 0 Å². The number of hydrogen-bond donors (Lipinski definition) is 2. The zero-order chi connectivity index (χ0) is 15.3. The number of nitrogens with two attached hydrogens (primary N) is 1. The number of benzene rings is 1. The third-order valence-corrected chi connectivity index (χ3v) is 4.10. The first-order chi connectivity index (χ1) is 9.96. The van der Waals surface area contributed by atoms with Crippen molar-refractivity contribution in [1.29, 1.82) is 0 Å². The lowest BCUT2D eigenvalue weighted by Crippen LogP contribution is -2.14. The maximum atomic E-state index is 11.0. The average Bonchev–Trinajstić information content (AvgIpc) is 2.84. The van der Waals surface area contributed by atoms with Gasteiger partial charge in [0.05, 0.1) is 18.1 Å². The molecule has 0 radical (unpaired) electrons. The van der Waals surface area contributed by atoms with Crippen molar-refractivity contribution in [2.75, 3.05) is 11.6 Å². The summed E-state index contributed by atoms with van der Waals surface area (Å²) >= 11 is 1.72. The van der Waals surface area contributed by atoms with E-state index < -0.39 is 10.0 Å². The van der Waals surface area contributed by atoms with E-state index in [1.165, 1.54) is 0 Å². The number of furan rings is 1. The van der Waals surface area contributed by atoms with Crippen LogP contribution in [0.4, 0.5) is 5.69 Å². The summed E-state index contributed by atoms with van der Waals surface area (Å²) < 4.78 is 27.7. The first-order valence-corrected chi connectivity index (χ1v) is 9.47. The highest BCUT2D eigenvalue weighted by molar-refractivity contribution is 7.97. The highest BCUT2D eigenvalue weighted by atomic mass is 32.2. The van der Waals surface area contributed by atoms with Gasteiger partial charge in [-0.05, 0) is 36.1 Å².